The standard InChI is InChI=1S/C17H21BrO2/c1-3-4-5-6-15-16(19)11-12(2)17(15,20)13-7-9-14(18)10-8-13/h7-11,15,20H,3-6H2,1-2H3. The lowest BCUT2D eigenvalue weighted by molar-refractivity contribution is -0.123. The van der Waals surface area contributed by atoms with Crippen LogP contribution >= 0.6 is 15.9 Å². The summed E-state index contributed by atoms with van der Waals surface area (Å²) in [5.41, 5.74) is 0.430. The van der Waals surface area contributed by atoms with E-state index in [0.717, 1.165) is 41.3 Å². The number of hydrogen-bond donors (Lipinski definition) is 1. The van der Waals surface area contributed by atoms with Crippen LogP contribution in [0.1, 0.15) is 45.1 Å². The minimum atomic E-state index is -1.13. The minimum Gasteiger partial charge on any atom is -0.380 e. The molecule has 0 spiro atoms. The molecule has 1 aromatic rings. The van der Waals surface area contributed by atoms with Crippen molar-refractivity contribution in [3.8, 4) is 0 Å². The molecule has 0 bridgehead atoms. The maximum absolute atomic E-state index is 12.2. The summed E-state index contributed by atoms with van der Waals surface area (Å²) in [6.07, 6.45) is 5.54. The zero-order valence-electron chi connectivity index (χ0n) is 12.0. The zero-order valence-corrected chi connectivity index (χ0v) is 13.6. The number of benzene rings is 1. The maximum atomic E-state index is 12.2. The van der Waals surface area contributed by atoms with Gasteiger partial charge >= 0.3 is 0 Å². The van der Waals surface area contributed by atoms with Gasteiger partial charge < -0.3 is 5.11 Å². The molecule has 2 unspecified atom stereocenters. The molecule has 0 fully saturated rings. The second-order valence-corrected chi connectivity index (χ2v) is 6.47. The SMILES string of the molecule is CCCCCC1C(=O)C=C(C)C1(O)c1ccc(Br)cc1. The molecule has 0 aliphatic heterocycles. The Bertz CT molecular complexity index is 518. The summed E-state index contributed by atoms with van der Waals surface area (Å²) in [5.74, 6) is -0.278. The fourth-order valence-corrected chi connectivity index (χ4v) is 3.25. The van der Waals surface area contributed by atoms with Gasteiger partial charge in [0.1, 0.15) is 5.60 Å². The van der Waals surface area contributed by atoms with Crippen molar-refractivity contribution in [1.82, 2.24) is 0 Å². The number of ketones is 1. The Morgan fingerprint density at radius 2 is 1.90 bits per heavy atom. The monoisotopic (exact) mass is 336 g/mol. The van der Waals surface area contributed by atoms with Crippen molar-refractivity contribution in [3.63, 3.8) is 0 Å². The molecule has 0 aromatic heterocycles. The molecule has 108 valence electrons. The van der Waals surface area contributed by atoms with Crippen molar-refractivity contribution < 1.29 is 9.90 Å². The van der Waals surface area contributed by atoms with Crippen LogP contribution in [0.5, 0.6) is 0 Å². The largest absolute Gasteiger partial charge is 0.380 e. The lowest BCUT2D eigenvalue weighted by Crippen LogP contribution is -2.35. The Kier molecular flexibility index (Phi) is 4.82. The van der Waals surface area contributed by atoms with Crippen LogP contribution in [0.2, 0.25) is 0 Å². The number of carbonyl (C=O) groups excluding carboxylic acids is 1. The Balaban J connectivity index is 2.31. The number of carbonyl (C=O) groups is 1. The van der Waals surface area contributed by atoms with Gasteiger partial charge in [0.15, 0.2) is 5.78 Å². The van der Waals surface area contributed by atoms with Gasteiger partial charge in [-0.1, -0.05) is 54.2 Å². The smallest absolute Gasteiger partial charge is 0.162 e. The Morgan fingerprint density at radius 3 is 2.50 bits per heavy atom. The van der Waals surface area contributed by atoms with Crippen LogP contribution in [0, 0.1) is 5.92 Å². The molecule has 0 saturated carbocycles. The maximum Gasteiger partial charge on any atom is 0.162 e. The summed E-state index contributed by atoms with van der Waals surface area (Å²) in [6.45, 7) is 3.99. The van der Waals surface area contributed by atoms with Crippen LogP contribution in [0.25, 0.3) is 0 Å². The highest BCUT2D eigenvalue weighted by molar-refractivity contribution is 9.10. The first-order chi connectivity index (χ1) is 9.50. The van der Waals surface area contributed by atoms with E-state index >= 15 is 0 Å². The van der Waals surface area contributed by atoms with Gasteiger partial charge in [0.25, 0.3) is 0 Å². The molecule has 2 rings (SSSR count). The van der Waals surface area contributed by atoms with Crippen molar-refractivity contribution in [3.05, 3.63) is 46.0 Å². The first-order valence-corrected chi connectivity index (χ1v) is 8.00. The molecule has 0 amide bonds. The molecule has 1 aliphatic carbocycles. The van der Waals surface area contributed by atoms with Gasteiger partial charge in [-0.2, -0.15) is 0 Å². The van der Waals surface area contributed by atoms with Crippen LogP contribution in [0.15, 0.2) is 40.4 Å². The van der Waals surface area contributed by atoms with E-state index < -0.39 is 5.60 Å². The van der Waals surface area contributed by atoms with E-state index in [2.05, 4.69) is 22.9 Å². The van der Waals surface area contributed by atoms with E-state index in [4.69, 9.17) is 0 Å². The highest BCUT2D eigenvalue weighted by atomic mass is 79.9. The van der Waals surface area contributed by atoms with Crippen molar-refractivity contribution in [2.24, 2.45) is 5.92 Å². The Morgan fingerprint density at radius 1 is 1.25 bits per heavy atom. The molecule has 0 radical (unpaired) electrons. The van der Waals surface area contributed by atoms with Crippen LogP contribution in [-0.4, -0.2) is 10.9 Å². The van der Waals surface area contributed by atoms with E-state index in [1.807, 2.05) is 31.2 Å². The third-order valence-corrected chi connectivity index (χ3v) is 4.72. The van der Waals surface area contributed by atoms with E-state index in [9.17, 15) is 9.90 Å². The van der Waals surface area contributed by atoms with Crippen LogP contribution in [0.4, 0.5) is 0 Å². The number of allylic oxidation sites excluding steroid dienone is 1. The van der Waals surface area contributed by atoms with Crippen LogP contribution in [0.3, 0.4) is 0 Å². The fourth-order valence-electron chi connectivity index (χ4n) is 2.99. The molecular formula is C17H21BrO2. The van der Waals surface area contributed by atoms with E-state index in [-0.39, 0.29) is 11.7 Å². The number of unbranched alkanes of at least 4 members (excludes halogenated alkanes) is 2. The van der Waals surface area contributed by atoms with Crippen molar-refractivity contribution in [2.45, 2.75) is 45.1 Å². The third kappa shape index (κ3) is 2.75. The molecule has 1 N–H and O–H groups in total. The Hall–Kier alpha value is -0.930. The summed E-state index contributed by atoms with van der Waals surface area (Å²) < 4.78 is 0.971. The average Bonchev–Trinajstić information content (AvgIpc) is 2.64. The van der Waals surface area contributed by atoms with Crippen LogP contribution < -0.4 is 0 Å². The van der Waals surface area contributed by atoms with Gasteiger partial charge in [-0.3, -0.25) is 4.79 Å². The normalized spacial score (nSPS) is 25.9. The predicted molar refractivity (Wildman–Crippen MR) is 84.4 cm³/mol. The quantitative estimate of drug-likeness (QED) is 0.811. The summed E-state index contributed by atoms with van der Waals surface area (Å²) in [7, 11) is 0. The molecule has 0 heterocycles. The molecule has 1 aromatic carbocycles. The molecule has 1 aliphatic rings. The number of aliphatic hydroxyl groups is 1. The molecule has 3 heteroatoms. The lowest BCUT2D eigenvalue weighted by atomic mass is 9.77. The predicted octanol–water partition coefficient (Wildman–Crippen LogP) is 4.36. The second-order valence-electron chi connectivity index (χ2n) is 5.55. The highest BCUT2D eigenvalue weighted by Crippen LogP contribution is 2.44. The van der Waals surface area contributed by atoms with E-state index in [1.54, 1.807) is 6.08 Å². The Labute approximate surface area is 129 Å². The van der Waals surface area contributed by atoms with Gasteiger partial charge in [-0.05, 0) is 42.7 Å². The van der Waals surface area contributed by atoms with Gasteiger partial charge in [-0.25, -0.2) is 0 Å². The summed E-state index contributed by atoms with van der Waals surface area (Å²) in [6, 6.07) is 7.61. The van der Waals surface area contributed by atoms with Gasteiger partial charge in [0, 0.05) is 4.47 Å². The summed E-state index contributed by atoms with van der Waals surface area (Å²) >= 11 is 3.40. The second kappa shape index (κ2) is 6.23. The van der Waals surface area contributed by atoms with Gasteiger partial charge in [0.2, 0.25) is 0 Å². The zero-order chi connectivity index (χ0) is 14.8. The third-order valence-electron chi connectivity index (χ3n) is 4.19. The molecule has 2 atom stereocenters. The van der Waals surface area contributed by atoms with Crippen molar-refractivity contribution in [1.29, 1.82) is 0 Å². The molecule has 2 nitrogen and oxygen atoms in total. The molecular weight excluding hydrogens is 316 g/mol. The minimum absolute atomic E-state index is 0.0593. The van der Waals surface area contributed by atoms with Gasteiger partial charge in [-0.15, -0.1) is 0 Å². The average molecular weight is 337 g/mol. The molecule has 0 saturated heterocycles. The number of halogens is 1. The first kappa shape index (κ1) is 15.5. The topological polar surface area (TPSA) is 37.3 Å². The summed E-state index contributed by atoms with van der Waals surface area (Å²) in [4.78, 5) is 12.2. The van der Waals surface area contributed by atoms with E-state index in [0.29, 0.717) is 0 Å². The molecule has 20 heavy (non-hydrogen) atoms. The first-order valence-electron chi connectivity index (χ1n) is 7.21. The number of hydrogen-bond acceptors (Lipinski definition) is 2. The fraction of sp³-hybridized carbons (Fsp3) is 0.471. The van der Waals surface area contributed by atoms with Crippen molar-refractivity contribution >= 4 is 21.7 Å². The van der Waals surface area contributed by atoms with Crippen LogP contribution in [-0.2, 0) is 10.4 Å². The summed E-state index contributed by atoms with van der Waals surface area (Å²) in [5, 5.41) is 11.1. The number of rotatable bonds is 5. The highest BCUT2D eigenvalue weighted by Gasteiger charge is 2.47. The van der Waals surface area contributed by atoms with Gasteiger partial charge in [0.05, 0.1) is 5.92 Å². The van der Waals surface area contributed by atoms with Crippen molar-refractivity contribution in [2.75, 3.05) is 0 Å². The lowest BCUT2D eigenvalue weighted by Gasteiger charge is -2.32. The van der Waals surface area contributed by atoms with E-state index in [1.165, 1.54) is 0 Å².